The van der Waals surface area contributed by atoms with Gasteiger partial charge in [0, 0.05) is 19.6 Å². The van der Waals surface area contributed by atoms with E-state index in [9.17, 15) is 4.79 Å². The van der Waals surface area contributed by atoms with E-state index in [1.165, 1.54) is 0 Å². The van der Waals surface area contributed by atoms with Crippen molar-refractivity contribution in [1.29, 1.82) is 0 Å². The Morgan fingerprint density at radius 3 is 2.68 bits per heavy atom. The Morgan fingerprint density at radius 1 is 1.21 bits per heavy atom. The molecule has 2 N–H and O–H groups in total. The summed E-state index contributed by atoms with van der Waals surface area (Å²) in [5.74, 6) is 0.123. The van der Waals surface area contributed by atoms with Gasteiger partial charge in [0.1, 0.15) is 6.61 Å². The van der Waals surface area contributed by atoms with E-state index in [0.717, 1.165) is 58.5 Å². The quantitative estimate of drug-likeness (QED) is 0.692. The molecule has 0 aliphatic carbocycles. The Kier molecular flexibility index (Phi) is 8.02. The zero-order valence-electron chi connectivity index (χ0n) is 12.4. The second-order valence-electron chi connectivity index (χ2n) is 5.43. The van der Waals surface area contributed by atoms with Crippen LogP contribution in [0.5, 0.6) is 0 Å². The molecule has 0 aromatic rings. The van der Waals surface area contributed by atoms with Gasteiger partial charge in [0.15, 0.2) is 0 Å². The van der Waals surface area contributed by atoms with E-state index in [4.69, 9.17) is 10.5 Å². The number of carbonyl (C=O) groups excluding carboxylic acids is 1. The third-order valence-corrected chi connectivity index (χ3v) is 3.41. The lowest BCUT2D eigenvalue weighted by molar-refractivity contribution is -0.137. The van der Waals surface area contributed by atoms with Crippen molar-refractivity contribution in [2.45, 2.75) is 39.2 Å². The van der Waals surface area contributed by atoms with Crippen LogP contribution in [-0.2, 0) is 9.53 Å². The minimum atomic E-state index is 0.115. The van der Waals surface area contributed by atoms with Gasteiger partial charge < -0.3 is 20.3 Å². The number of hydrogen-bond donors (Lipinski definition) is 1. The molecule has 1 aliphatic heterocycles. The van der Waals surface area contributed by atoms with E-state index in [-0.39, 0.29) is 18.6 Å². The molecular weight excluding hydrogens is 242 g/mol. The van der Waals surface area contributed by atoms with E-state index >= 15 is 0 Å². The van der Waals surface area contributed by atoms with Crippen LogP contribution in [0.15, 0.2) is 0 Å². The van der Waals surface area contributed by atoms with Crippen molar-refractivity contribution in [3.8, 4) is 0 Å². The molecule has 1 amide bonds. The van der Waals surface area contributed by atoms with Gasteiger partial charge >= 0.3 is 0 Å². The summed E-state index contributed by atoms with van der Waals surface area (Å²) in [5.41, 5.74) is 5.51. The van der Waals surface area contributed by atoms with Crippen LogP contribution < -0.4 is 5.73 Å². The molecule has 5 nitrogen and oxygen atoms in total. The lowest BCUT2D eigenvalue weighted by Gasteiger charge is -2.22. The lowest BCUT2D eigenvalue weighted by atomic mass is 10.3. The molecule has 0 aromatic carbocycles. The molecule has 0 unspecified atom stereocenters. The molecule has 1 saturated heterocycles. The molecule has 5 heteroatoms. The van der Waals surface area contributed by atoms with Crippen LogP contribution in [0.25, 0.3) is 0 Å². The first-order valence-corrected chi connectivity index (χ1v) is 7.45. The Balaban J connectivity index is 2.26. The smallest absolute Gasteiger partial charge is 0.248 e. The number of unbranched alkanes of at least 4 members (excludes halogenated alkanes) is 1. The zero-order chi connectivity index (χ0) is 14.1. The number of carbonyl (C=O) groups is 1. The van der Waals surface area contributed by atoms with Crippen LogP contribution in [0.4, 0.5) is 0 Å². The van der Waals surface area contributed by atoms with Crippen molar-refractivity contribution in [1.82, 2.24) is 9.80 Å². The van der Waals surface area contributed by atoms with Crippen molar-refractivity contribution in [3.05, 3.63) is 0 Å². The molecule has 112 valence electrons. The second kappa shape index (κ2) is 9.28. The average Bonchev–Trinajstić information content (AvgIpc) is 2.62. The van der Waals surface area contributed by atoms with Crippen LogP contribution >= 0.6 is 0 Å². The van der Waals surface area contributed by atoms with Gasteiger partial charge in [-0.3, -0.25) is 4.79 Å². The average molecular weight is 271 g/mol. The number of nitrogens with two attached hydrogens (primary N) is 1. The van der Waals surface area contributed by atoms with Gasteiger partial charge in [-0.1, -0.05) is 0 Å². The molecular formula is C14H29N3O2. The first-order valence-electron chi connectivity index (χ1n) is 7.45. The van der Waals surface area contributed by atoms with E-state index in [1.807, 2.05) is 18.7 Å². The van der Waals surface area contributed by atoms with E-state index in [1.54, 1.807) is 0 Å². The molecule has 1 rings (SSSR count). The van der Waals surface area contributed by atoms with Crippen molar-refractivity contribution in [2.75, 3.05) is 45.9 Å². The Morgan fingerprint density at radius 2 is 2.00 bits per heavy atom. The highest BCUT2D eigenvalue weighted by atomic mass is 16.5. The Labute approximate surface area is 117 Å². The highest BCUT2D eigenvalue weighted by molar-refractivity contribution is 5.77. The van der Waals surface area contributed by atoms with Crippen LogP contribution in [-0.4, -0.2) is 67.7 Å². The van der Waals surface area contributed by atoms with Gasteiger partial charge in [-0.25, -0.2) is 0 Å². The van der Waals surface area contributed by atoms with Crippen molar-refractivity contribution in [3.63, 3.8) is 0 Å². The molecule has 1 fully saturated rings. The van der Waals surface area contributed by atoms with Crippen molar-refractivity contribution in [2.24, 2.45) is 5.73 Å². The van der Waals surface area contributed by atoms with E-state index < -0.39 is 0 Å². The maximum Gasteiger partial charge on any atom is 0.248 e. The molecule has 1 heterocycles. The van der Waals surface area contributed by atoms with Crippen molar-refractivity contribution >= 4 is 5.91 Å². The molecule has 0 bridgehead atoms. The van der Waals surface area contributed by atoms with Gasteiger partial charge in [0.25, 0.3) is 0 Å². The molecule has 0 spiro atoms. The second-order valence-corrected chi connectivity index (χ2v) is 5.43. The summed E-state index contributed by atoms with van der Waals surface area (Å²) >= 11 is 0. The summed E-state index contributed by atoms with van der Waals surface area (Å²) in [7, 11) is 0. The summed E-state index contributed by atoms with van der Waals surface area (Å²) in [6, 6.07) is 0. The Hall–Kier alpha value is -0.650. The predicted octanol–water partition coefficient (Wildman–Crippen LogP) is 0.685. The third kappa shape index (κ3) is 6.89. The summed E-state index contributed by atoms with van der Waals surface area (Å²) in [5, 5.41) is 0. The number of hydrogen-bond acceptors (Lipinski definition) is 4. The van der Waals surface area contributed by atoms with Gasteiger partial charge in [-0.05, 0) is 52.7 Å². The minimum absolute atomic E-state index is 0.115. The first kappa shape index (κ1) is 16.4. The number of rotatable bonds is 7. The van der Waals surface area contributed by atoms with Crippen LogP contribution in [0.1, 0.15) is 33.1 Å². The predicted molar refractivity (Wildman–Crippen MR) is 77.0 cm³/mol. The maximum atomic E-state index is 12.0. The maximum absolute atomic E-state index is 12.0. The van der Waals surface area contributed by atoms with E-state index in [0.29, 0.717) is 0 Å². The van der Waals surface area contributed by atoms with Crippen LogP contribution in [0.2, 0.25) is 0 Å². The third-order valence-electron chi connectivity index (χ3n) is 3.41. The Bertz CT molecular complexity index is 259. The first-order chi connectivity index (χ1) is 9.13. The normalized spacial score (nSPS) is 17.8. The van der Waals surface area contributed by atoms with Gasteiger partial charge in [-0.2, -0.15) is 0 Å². The largest absolute Gasteiger partial charge is 0.369 e. The van der Waals surface area contributed by atoms with Gasteiger partial charge in [0.2, 0.25) is 5.91 Å². The van der Waals surface area contributed by atoms with Gasteiger partial charge in [0.05, 0.1) is 6.10 Å². The molecule has 0 atom stereocenters. The monoisotopic (exact) mass is 271 g/mol. The summed E-state index contributed by atoms with van der Waals surface area (Å²) in [6.45, 7) is 9.72. The summed E-state index contributed by atoms with van der Waals surface area (Å²) < 4.78 is 5.39. The van der Waals surface area contributed by atoms with Crippen LogP contribution in [0.3, 0.4) is 0 Å². The molecule has 0 saturated carbocycles. The van der Waals surface area contributed by atoms with E-state index in [2.05, 4.69) is 4.90 Å². The fourth-order valence-corrected chi connectivity index (χ4v) is 2.25. The standard InChI is InChI=1S/C14H29N3O2/c1-13(2)19-12-14(18)17-9-5-8-16(10-11-17)7-4-3-6-15/h13H,3-12,15H2,1-2H3. The SMILES string of the molecule is CC(C)OCC(=O)N1CCCN(CCCCN)CC1. The number of ether oxygens (including phenoxy) is 1. The molecule has 1 aliphatic rings. The zero-order valence-corrected chi connectivity index (χ0v) is 12.4. The minimum Gasteiger partial charge on any atom is -0.369 e. The summed E-state index contributed by atoms with van der Waals surface area (Å²) in [6.07, 6.45) is 3.40. The highest BCUT2D eigenvalue weighted by Crippen LogP contribution is 2.05. The van der Waals surface area contributed by atoms with Gasteiger partial charge in [-0.15, -0.1) is 0 Å². The number of amides is 1. The molecule has 19 heavy (non-hydrogen) atoms. The fraction of sp³-hybridized carbons (Fsp3) is 0.929. The van der Waals surface area contributed by atoms with Crippen LogP contribution in [0, 0.1) is 0 Å². The topological polar surface area (TPSA) is 58.8 Å². The highest BCUT2D eigenvalue weighted by Gasteiger charge is 2.18. The lowest BCUT2D eigenvalue weighted by Crippen LogP contribution is -2.38. The fourth-order valence-electron chi connectivity index (χ4n) is 2.25. The summed E-state index contributed by atoms with van der Waals surface area (Å²) in [4.78, 5) is 16.4. The number of nitrogens with zero attached hydrogens (tertiary/aromatic N) is 2. The molecule has 0 aromatic heterocycles. The molecule has 0 radical (unpaired) electrons. The van der Waals surface area contributed by atoms with Crippen molar-refractivity contribution < 1.29 is 9.53 Å².